The van der Waals surface area contributed by atoms with E-state index < -0.39 is 0 Å². The van der Waals surface area contributed by atoms with E-state index in [2.05, 4.69) is 0 Å². The largest absolute Gasteiger partial charge is 0.507 e. The van der Waals surface area contributed by atoms with Gasteiger partial charge in [0.05, 0.1) is 7.11 Å². The number of rotatable bonds is 4. The van der Waals surface area contributed by atoms with Crippen LogP contribution in [-0.4, -0.2) is 31.2 Å². The number of ether oxygens (including phenoxy) is 3. The number of ketones is 1. The summed E-state index contributed by atoms with van der Waals surface area (Å²) in [6.45, 7) is 1.04. The number of carbonyl (C=O) groups excluding carboxylic acids is 1. The van der Waals surface area contributed by atoms with Crippen molar-refractivity contribution in [2.45, 2.75) is 0 Å². The number of aromatic hydroxyl groups is 1. The number of hydrogen-bond acceptors (Lipinski definition) is 5. The zero-order valence-corrected chi connectivity index (χ0v) is 12.6. The summed E-state index contributed by atoms with van der Waals surface area (Å²) in [5, 5.41) is 9.88. The number of benzene rings is 2. The first-order valence-electron chi connectivity index (χ1n) is 7.17. The fourth-order valence-corrected chi connectivity index (χ4v) is 2.36. The average Bonchev–Trinajstić information content (AvgIpc) is 2.59. The maximum atomic E-state index is 12.3. The van der Waals surface area contributed by atoms with E-state index >= 15 is 0 Å². The van der Waals surface area contributed by atoms with Gasteiger partial charge in [-0.2, -0.15) is 0 Å². The fourth-order valence-electron chi connectivity index (χ4n) is 2.36. The minimum atomic E-state index is -0.338. The first-order chi connectivity index (χ1) is 11.2. The van der Waals surface area contributed by atoms with Crippen molar-refractivity contribution in [2.75, 3.05) is 20.3 Å². The quantitative estimate of drug-likeness (QED) is 0.694. The van der Waals surface area contributed by atoms with Crippen LogP contribution in [0.5, 0.6) is 23.0 Å². The van der Waals surface area contributed by atoms with Crippen molar-refractivity contribution in [3.63, 3.8) is 0 Å². The van der Waals surface area contributed by atoms with E-state index in [4.69, 9.17) is 14.2 Å². The molecule has 2 aromatic carbocycles. The smallest absolute Gasteiger partial charge is 0.193 e. The molecule has 0 fully saturated rings. The van der Waals surface area contributed by atoms with Gasteiger partial charge in [0.25, 0.3) is 0 Å². The maximum Gasteiger partial charge on any atom is 0.193 e. The van der Waals surface area contributed by atoms with Crippen molar-refractivity contribution in [3.8, 4) is 23.0 Å². The molecule has 0 aromatic heterocycles. The standard InChI is InChI=1S/C18H16O5/c1-21-16-4-2-3-13(19)18(16)14(20)7-5-12-6-8-15-17(11-12)23-10-9-22-15/h2-8,11,19H,9-10H2,1H3. The minimum Gasteiger partial charge on any atom is -0.507 e. The lowest BCUT2D eigenvalue weighted by atomic mass is 10.1. The molecule has 3 rings (SSSR count). The van der Waals surface area contributed by atoms with Crippen molar-refractivity contribution < 1.29 is 24.1 Å². The maximum absolute atomic E-state index is 12.3. The van der Waals surface area contributed by atoms with E-state index in [-0.39, 0.29) is 17.1 Å². The zero-order chi connectivity index (χ0) is 16.2. The Hall–Kier alpha value is -2.95. The van der Waals surface area contributed by atoms with Crippen LogP contribution in [0.3, 0.4) is 0 Å². The molecular formula is C18H16O5. The highest BCUT2D eigenvalue weighted by molar-refractivity contribution is 6.10. The summed E-state index contributed by atoms with van der Waals surface area (Å²) in [5.41, 5.74) is 0.945. The molecule has 5 heteroatoms. The van der Waals surface area contributed by atoms with Crippen LogP contribution in [-0.2, 0) is 0 Å². The molecule has 1 N–H and O–H groups in total. The van der Waals surface area contributed by atoms with Gasteiger partial charge in [0, 0.05) is 0 Å². The van der Waals surface area contributed by atoms with Crippen molar-refractivity contribution in [1.82, 2.24) is 0 Å². The number of phenolic OH excluding ortho intramolecular Hbond substituents is 1. The Morgan fingerprint density at radius 2 is 1.96 bits per heavy atom. The molecule has 118 valence electrons. The van der Waals surface area contributed by atoms with Gasteiger partial charge in [-0.1, -0.05) is 18.2 Å². The Bertz CT molecular complexity index is 764. The van der Waals surface area contributed by atoms with E-state index in [0.717, 1.165) is 5.56 Å². The molecule has 0 unspecified atom stereocenters. The Morgan fingerprint density at radius 1 is 1.17 bits per heavy atom. The molecule has 23 heavy (non-hydrogen) atoms. The van der Waals surface area contributed by atoms with Gasteiger partial charge in [0.2, 0.25) is 0 Å². The molecule has 0 atom stereocenters. The monoisotopic (exact) mass is 312 g/mol. The molecular weight excluding hydrogens is 296 g/mol. The van der Waals surface area contributed by atoms with Crippen LogP contribution in [0.25, 0.3) is 6.08 Å². The number of phenols is 1. The summed E-state index contributed by atoms with van der Waals surface area (Å²) in [5.74, 6) is 1.24. The van der Waals surface area contributed by atoms with Gasteiger partial charge in [-0.15, -0.1) is 0 Å². The lowest BCUT2D eigenvalue weighted by Gasteiger charge is -2.18. The van der Waals surface area contributed by atoms with Gasteiger partial charge in [0.15, 0.2) is 17.3 Å². The van der Waals surface area contributed by atoms with Crippen LogP contribution in [0.4, 0.5) is 0 Å². The molecule has 0 aliphatic carbocycles. The summed E-state index contributed by atoms with van der Waals surface area (Å²) in [6.07, 6.45) is 3.05. The number of hydrogen-bond donors (Lipinski definition) is 1. The van der Waals surface area contributed by atoms with E-state index in [9.17, 15) is 9.90 Å². The molecule has 1 aliphatic rings. The van der Waals surface area contributed by atoms with E-state index in [1.807, 2.05) is 6.07 Å². The Balaban J connectivity index is 1.84. The van der Waals surface area contributed by atoms with Crippen LogP contribution in [0.1, 0.15) is 15.9 Å². The van der Waals surface area contributed by atoms with Gasteiger partial charge >= 0.3 is 0 Å². The molecule has 5 nitrogen and oxygen atoms in total. The number of carbonyl (C=O) groups is 1. The summed E-state index contributed by atoms with van der Waals surface area (Å²) in [4.78, 5) is 12.3. The zero-order valence-electron chi connectivity index (χ0n) is 12.6. The second-order valence-electron chi connectivity index (χ2n) is 4.96. The molecule has 0 saturated carbocycles. The van der Waals surface area contributed by atoms with Crippen molar-refractivity contribution in [3.05, 3.63) is 53.6 Å². The van der Waals surface area contributed by atoms with Gasteiger partial charge in [-0.25, -0.2) is 0 Å². The summed E-state index contributed by atoms with van der Waals surface area (Å²) in [6, 6.07) is 10.1. The molecule has 1 aliphatic heterocycles. The number of allylic oxidation sites excluding steroid dienone is 1. The van der Waals surface area contributed by atoms with Crippen molar-refractivity contribution in [2.24, 2.45) is 0 Å². The predicted octanol–water partition coefficient (Wildman–Crippen LogP) is 3.07. The van der Waals surface area contributed by atoms with Crippen LogP contribution in [0, 0.1) is 0 Å². The fraction of sp³-hybridized carbons (Fsp3) is 0.167. The van der Waals surface area contributed by atoms with E-state index in [1.165, 1.54) is 19.3 Å². The second kappa shape index (κ2) is 6.44. The third-order valence-electron chi connectivity index (χ3n) is 3.46. The summed E-state index contributed by atoms with van der Waals surface area (Å²) in [7, 11) is 1.45. The molecule has 1 heterocycles. The highest BCUT2D eigenvalue weighted by atomic mass is 16.6. The normalized spacial score (nSPS) is 13.1. The van der Waals surface area contributed by atoms with Crippen LogP contribution in [0.2, 0.25) is 0 Å². The first-order valence-corrected chi connectivity index (χ1v) is 7.17. The molecule has 0 saturated heterocycles. The van der Waals surface area contributed by atoms with Gasteiger partial charge < -0.3 is 19.3 Å². The molecule has 0 radical (unpaired) electrons. The molecule has 0 spiro atoms. The Morgan fingerprint density at radius 3 is 2.74 bits per heavy atom. The van der Waals surface area contributed by atoms with Gasteiger partial charge in [-0.05, 0) is 35.9 Å². The lowest BCUT2D eigenvalue weighted by molar-refractivity contribution is 0.104. The third-order valence-corrected chi connectivity index (χ3v) is 3.46. The topological polar surface area (TPSA) is 65.0 Å². The predicted molar refractivity (Wildman–Crippen MR) is 85.5 cm³/mol. The van der Waals surface area contributed by atoms with Crippen LogP contribution < -0.4 is 14.2 Å². The molecule has 2 aromatic rings. The van der Waals surface area contributed by atoms with Crippen LogP contribution in [0.15, 0.2) is 42.5 Å². The van der Waals surface area contributed by atoms with E-state index in [0.29, 0.717) is 30.5 Å². The Kier molecular flexibility index (Phi) is 4.19. The highest BCUT2D eigenvalue weighted by Crippen LogP contribution is 2.32. The van der Waals surface area contributed by atoms with Crippen molar-refractivity contribution in [1.29, 1.82) is 0 Å². The highest BCUT2D eigenvalue weighted by Gasteiger charge is 2.15. The number of methoxy groups -OCH3 is 1. The summed E-state index contributed by atoms with van der Waals surface area (Å²) < 4.78 is 16.1. The molecule has 0 bridgehead atoms. The third kappa shape index (κ3) is 3.13. The summed E-state index contributed by atoms with van der Waals surface area (Å²) >= 11 is 0. The lowest BCUT2D eigenvalue weighted by Crippen LogP contribution is -2.15. The SMILES string of the molecule is COc1cccc(O)c1C(=O)C=Cc1ccc2c(c1)OCCO2. The first kappa shape index (κ1) is 15.0. The van der Waals surface area contributed by atoms with Gasteiger partial charge in [-0.3, -0.25) is 4.79 Å². The van der Waals surface area contributed by atoms with Gasteiger partial charge in [0.1, 0.15) is 30.3 Å². The molecule has 0 amide bonds. The Labute approximate surface area is 133 Å². The minimum absolute atomic E-state index is 0.110. The average molecular weight is 312 g/mol. The van der Waals surface area contributed by atoms with Crippen LogP contribution >= 0.6 is 0 Å². The van der Waals surface area contributed by atoms with E-state index in [1.54, 1.807) is 30.3 Å². The van der Waals surface area contributed by atoms with Crippen molar-refractivity contribution >= 4 is 11.9 Å². The number of fused-ring (bicyclic) bond motifs is 1. The second-order valence-corrected chi connectivity index (χ2v) is 4.96.